The summed E-state index contributed by atoms with van der Waals surface area (Å²) >= 11 is 4.73. The Morgan fingerprint density at radius 2 is 2.03 bits per heavy atom. The van der Waals surface area contributed by atoms with Crippen LogP contribution in [0, 0.1) is 0 Å². The molecule has 1 fully saturated rings. The number of alkyl halides is 3. The molecular weight excluding hydrogens is 649 g/mol. The van der Waals surface area contributed by atoms with Crippen LogP contribution in [0.5, 0.6) is 5.75 Å². The summed E-state index contributed by atoms with van der Waals surface area (Å²) in [5.74, 6) is 0.164. The molecule has 2 unspecified atom stereocenters. The Hall–Kier alpha value is -1.50. The molecule has 2 aliphatic rings. The minimum absolute atomic E-state index is 0.115. The predicted octanol–water partition coefficient (Wildman–Crippen LogP) is 6.96. The second-order valence-corrected chi connectivity index (χ2v) is 11.8. The van der Waals surface area contributed by atoms with Crippen molar-refractivity contribution in [1.82, 2.24) is 0 Å². The van der Waals surface area contributed by atoms with Crippen LogP contribution in [0.2, 0.25) is 0 Å². The minimum atomic E-state index is -2.94. The summed E-state index contributed by atoms with van der Waals surface area (Å²) in [5, 5.41) is 2.88. The first-order valence-corrected chi connectivity index (χ1v) is 13.9. The molecule has 2 aromatic carbocycles. The van der Waals surface area contributed by atoms with Gasteiger partial charge < -0.3 is 24.4 Å². The Labute approximate surface area is 232 Å². The number of fused-ring (bicyclic) bond motifs is 1. The van der Waals surface area contributed by atoms with E-state index >= 15 is 0 Å². The van der Waals surface area contributed by atoms with Gasteiger partial charge in [-0.1, -0.05) is 0 Å². The molecule has 0 aromatic heterocycles. The molecule has 2 heterocycles. The van der Waals surface area contributed by atoms with Gasteiger partial charge in [-0.2, -0.15) is 8.78 Å². The number of ether oxygens (including phenoxy) is 3. The van der Waals surface area contributed by atoms with Gasteiger partial charge in [0.05, 0.1) is 12.3 Å². The van der Waals surface area contributed by atoms with E-state index in [9.17, 15) is 13.6 Å². The highest BCUT2D eigenvalue weighted by atomic mass is 127. The maximum Gasteiger partial charge on any atom is 0.329 e. The molecule has 6 nitrogen and oxygen atoms in total. The average Bonchev–Trinajstić information content (AvgIpc) is 3.22. The van der Waals surface area contributed by atoms with Crippen LogP contribution in [-0.2, 0) is 9.47 Å². The van der Waals surface area contributed by atoms with Gasteiger partial charge in [0.25, 0.3) is 5.91 Å². The normalized spacial score (nSPS) is 19.9. The smallest absolute Gasteiger partial charge is 0.329 e. The topological polar surface area (TPSA) is 60.0 Å². The van der Waals surface area contributed by atoms with Crippen LogP contribution in [0.1, 0.15) is 54.9 Å². The number of nitrogens with zero attached hydrogens (tertiary/aromatic N) is 1. The first-order valence-electron chi connectivity index (χ1n) is 12.0. The second kappa shape index (κ2) is 11.9. The molecule has 1 saturated heterocycles. The number of rotatable bonds is 9. The van der Waals surface area contributed by atoms with Gasteiger partial charge in [0.1, 0.15) is 5.75 Å². The lowest BCUT2D eigenvalue weighted by Gasteiger charge is -2.26. The quantitative estimate of drug-likeness (QED) is 0.230. The second-order valence-electron chi connectivity index (χ2n) is 9.35. The third-order valence-corrected chi connectivity index (χ3v) is 7.17. The molecule has 36 heavy (non-hydrogen) atoms. The van der Waals surface area contributed by atoms with E-state index < -0.39 is 10.5 Å². The Balaban J connectivity index is 1.48. The molecule has 0 aliphatic carbocycles. The fourth-order valence-electron chi connectivity index (χ4n) is 4.47. The van der Waals surface area contributed by atoms with E-state index in [4.69, 9.17) is 14.2 Å². The monoisotopic (exact) mass is 678 g/mol. The molecule has 2 atom stereocenters. The van der Waals surface area contributed by atoms with Crippen LogP contribution in [-0.4, -0.2) is 48.5 Å². The number of carbonyl (C=O) groups is 1. The summed E-state index contributed by atoms with van der Waals surface area (Å²) in [5.41, 5.74) is 3.23. The van der Waals surface area contributed by atoms with Crippen molar-refractivity contribution in [2.45, 2.75) is 55.3 Å². The Morgan fingerprint density at radius 1 is 1.28 bits per heavy atom. The molecule has 2 aliphatic heterocycles. The zero-order valence-electron chi connectivity index (χ0n) is 20.2. The Morgan fingerprint density at radius 3 is 2.67 bits per heavy atom. The lowest BCUT2D eigenvalue weighted by Crippen LogP contribution is -2.31. The highest BCUT2D eigenvalue weighted by Gasteiger charge is 2.34. The van der Waals surface area contributed by atoms with E-state index in [1.54, 1.807) is 24.3 Å². The lowest BCUT2D eigenvalue weighted by atomic mass is 9.99. The lowest BCUT2D eigenvalue weighted by molar-refractivity contribution is -0.164. The summed E-state index contributed by atoms with van der Waals surface area (Å²) in [7, 11) is 0. The minimum Gasteiger partial charge on any atom is -0.486 e. The van der Waals surface area contributed by atoms with E-state index in [2.05, 4.69) is 40.0 Å². The summed E-state index contributed by atoms with van der Waals surface area (Å²) < 4.78 is 40.9. The van der Waals surface area contributed by atoms with E-state index in [1.807, 2.05) is 12.1 Å². The van der Waals surface area contributed by atoms with Crippen molar-refractivity contribution in [2.24, 2.45) is 0 Å². The van der Waals surface area contributed by atoms with E-state index in [-0.39, 0.29) is 18.1 Å². The first kappa shape index (κ1) is 27.5. The zero-order valence-corrected chi connectivity index (χ0v) is 24.0. The Kier molecular flexibility index (Phi) is 9.11. The predicted molar refractivity (Wildman–Crippen MR) is 148 cm³/mol. The van der Waals surface area contributed by atoms with E-state index in [0.717, 1.165) is 70.7 Å². The van der Waals surface area contributed by atoms with Crippen molar-refractivity contribution in [3.63, 3.8) is 0 Å². The Bertz CT molecular complexity index is 1060. The van der Waals surface area contributed by atoms with Crippen molar-refractivity contribution in [3.8, 4) is 5.75 Å². The molecular formula is C26H30BrF2IN2O4. The van der Waals surface area contributed by atoms with Crippen LogP contribution < -0.4 is 15.0 Å². The number of nitrogens with one attached hydrogen (secondary N) is 1. The molecule has 2 aromatic rings. The molecule has 4 rings (SSSR count). The molecule has 0 bridgehead atoms. The highest BCUT2D eigenvalue weighted by Crippen LogP contribution is 2.44. The summed E-state index contributed by atoms with van der Waals surface area (Å²) in [4.78, 5) is 15.4. The maximum absolute atomic E-state index is 13.1. The zero-order chi connectivity index (χ0) is 25.9. The van der Waals surface area contributed by atoms with Gasteiger partial charge in [-0.25, -0.2) is 0 Å². The van der Waals surface area contributed by atoms with Crippen molar-refractivity contribution in [2.75, 3.05) is 36.6 Å². The number of amides is 1. The highest BCUT2D eigenvalue weighted by molar-refractivity contribution is 14.1. The first-order chi connectivity index (χ1) is 17.1. The van der Waals surface area contributed by atoms with Gasteiger partial charge >= 0.3 is 3.93 Å². The largest absolute Gasteiger partial charge is 0.486 e. The van der Waals surface area contributed by atoms with E-state index in [1.165, 1.54) is 0 Å². The number of hydrogen-bond acceptors (Lipinski definition) is 5. The van der Waals surface area contributed by atoms with Gasteiger partial charge in [-0.15, -0.1) is 0 Å². The summed E-state index contributed by atoms with van der Waals surface area (Å²) in [6.45, 7) is 5.65. The van der Waals surface area contributed by atoms with Gasteiger partial charge in [0.15, 0.2) is 12.9 Å². The van der Waals surface area contributed by atoms with Gasteiger partial charge in [0.2, 0.25) is 0 Å². The van der Waals surface area contributed by atoms with Crippen LogP contribution >= 0.6 is 38.5 Å². The maximum atomic E-state index is 13.1. The van der Waals surface area contributed by atoms with E-state index in [0.29, 0.717) is 29.6 Å². The average molecular weight is 679 g/mol. The number of benzene rings is 2. The molecule has 0 radical (unpaired) electrons. The number of hydrogen-bond donors (Lipinski definition) is 1. The van der Waals surface area contributed by atoms with Crippen molar-refractivity contribution >= 4 is 55.8 Å². The fourth-order valence-corrected chi connectivity index (χ4v) is 5.33. The standard InChI is InChI=1S/C26H30BrF2IN2O4/c1-16(2)32-13-18(14-35-23-5-3-4-10-34-23)21-11-17(12-22(27)24(21)32)25(33)31-19-6-8-20(9-7-19)36-15-26(28,29)30/h6-9,11-12,16,18,23H,3-5,10,13-15H2,1-2H3,(H,31,33). The van der Waals surface area contributed by atoms with Crippen molar-refractivity contribution in [3.05, 3.63) is 52.0 Å². The van der Waals surface area contributed by atoms with Crippen LogP contribution in [0.15, 0.2) is 40.9 Å². The van der Waals surface area contributed by atoms with Gasteiger partial charge in [-0.05, 0) is 91.0 Å². The van der Waals surface area contributed by atoms with Crippen molar-refractivity contribution in [1.29, 1.82) is 0 Å². The fraction of sp³-hybridized carbons (Fsp3) is 0.500. The molecule has 0 spiro atoms. The molecule has 0 saturated carbocycles. The molecule has 196 valence electrons. The number of carbonyl (C=O) groups excluding carboxylic acids is 1. The SMILES string of the molecule is CC(C)N1CC(COC2CCCCO2)c2cc(C(=O)Nc3ccc(OCC(F)(F)I)cc3)cc(Br)c21. The summed E-state index contributed by atoms with van der Waals surface area (Å²) in [6.07, 6.45) is 2.92. The van der Waals surface area contributed by atoms with Crippen LogP contribution in [0.3, 0.4) is 0 Å². The molecule has 1 amide bonds. The van der Waals surface area contributed by atoms with Gasteiger partial charge in [-0.3, -0.25) is 4.79 Å². The number of anilines is 2. The van der Waals surface area contributed by atoms with Crippen molar-refractivity contribution < 1.29 is 27.8 Å². The van der Waals surface area contributed by atoms with Crippen LogP contribution in [0.25, 0.3) is 0 Å². The van der Waals surface area contributed by atoms with Gasteiger partial charge in [0, 0.05) is 63.4 Å². The molecule has 10 heteroatoms. The summed E-state index contributed by atoms with van der Waals surface area (Å²) in [6, 6.07) is 10.4. The van der Waals surface area contributed by atoms with Crippen LogP contribution in [0.4, 0.5) is 20.2 Å². The number of halogens is 4. The third-order valence-electron chi connectivity index (χ3n) is 6.26. The third kappa shape index (κ3) is 7.08. The molecule has 1 N–H and O–H groups in total.